The van der Waals surface area contributed by atoms with Gasteiger partial charge in [0.15, 0.2) is 0 Å². The molecule has 2 rings (SSSR count). The highest BCUT2D eigenvalue weighted by Gasteiger charge is 2.23. The third-order valence-electron chi connectivity index (χ3n) is 3.21. The van der Waals surface area contributed by atoms with Gasteiger partial charge in [0, 0.05) is 0 Å². The van der Waals surface area contributed by atoms with Crippen molar-refractivity contribution in [3.8, 4) is 0 Å². The van der Waals surface area contributed by atoms with Crippen LogP contribution in [-0.4, -0.2) is 30.8 Å². The number of aromatic amines is 1. The van der Waals surface area contributed by atoms with E-state index in [2.05, 4.69) is 20.6 Å². The van der Waals surface area contributed by atoms with Crippen LogP contribution in [0, 0.1) is 37.8 Å². The highest BCUT2D eigenvalue weighted by molar-refractivity contribution is 5.91. The van der Waals surface area contributed by atoms with Crippen molar-refractivity contribution in [1.29, 1.82) is 0 Å². The molecule has 2 N–H and O–H groups in total. The van der Waals surface area contributed by atoms with Gasteiger partial charge in [-0.3, -0.25) is 24.7 Å². The van der Waals surface area contributed by atoms with Crippen molar-refractivity contribution in [2.45, 2.75) is 34.2 Å². The van der Waals surface area contributed by atoms with Crippen LogP contribution in [0.3, 0.4) is 0 Å². The zero-order valence-electron chi connectivity index (χ0n) is 12.2. The largest absolute Gasteiger partial charge is 0.321 e. The Kier molecular flexibility index (Phi) is 3.74. The van der Waals surface area contributed by atoms with Gasteiger partial charge in [-0.15, -0.1) is 0 Å². The Hall–Kier alpha value is -2.71. The van der Waals surface area contributed by atoms with E-state index in [-0.39, 0.29) is 18.1 Å². The molecular formula is C12H16N6O3. The van der Waals surface area contributed by atoms with Gasteiger partial charge in [0.05, 0.1) is 22.0 Å². The van der Waals surface area contributed by atoms with E-state index in [0.29, 0.717) is 22.8 Å². The number of nitro groups is 1. The Morgan fingerprint density at radius 1 is 1.33 bits per heavy atom. The van der Waals surface area contributed by atoms with E-state index in [0.717, 1.165) is 5.69 Å². The topological polar surface area (TPSA) is 119 Å². The SMILES string of the molecule is Cc1n[nH]c(C)c1NC(=O)Cn1nc(C)c([N+](=O)[O-])c1C. The van der Waals surface area contributed by atoms with Gasteiger partial charge in [-0.25, -0.2) is 0 Å². The summed E-state index contributed by atoms with van der Waals surface area (Å²) in [6.45, 7) is 6.59. The summed E-state index contributed by atoms with van der Waals surface area (Å²) in [6.07, 6.45) is 0. The molecule has 2 heterocycles. The van der Waals surface area contributed by atoms with Crippen LogP contribution < -0.4 is 5.32 Å². The molecular weight excluding hydrogens is 276 g/mol. The average Bonchev–Trinajstić information content (AvgIpc) is 2.83. The summed E-state index contributed by atoms with van der Waals surface area (Å²) in [4.78, 5) is 22.5. The maximum atomic E-state index is 12.0. The lowest BCUT2D eigenvalue weighted by Crippen LogP contribution is -2.21. The molecule has 0 bridgehead atoms. The van der Waals surface area contributed by atoms with Crippen LogP contribution in [-0.2, 0) is 11.3 Å². The second-order valence-electron chi connectivity index (χ2n) is 4.79. The zero-order valence-corrected chi connectivity index (χ0v) is 12.2. The summed E-state index contributed by atoms with van der Waals surface area (Å²) in [6, 6.07) is 0. The molecule has 2 aromatic heterocycles. The fraction of sp³-hybridized carbons (Fsp3) is 0.417. The molecule has 0 spiro atoms. The van der Waals surface area contributed by atoms with Gasteiger partial charge in [0.2, 0.25) is 5.91 Å². The fourth-order valence-corrected chi connectivity index (χ4v) is 2.16. The highest BCUT2D eigenvalue weighted by atomic mass is 16.6. The predicted octanol–water partition coefficient (Wildman–Crippen LogP) is 1.39. The van der Waals surface area contributed by atoms with Gasteiger partial charge in [0.25, 0.3) is 0 Å². The molecule has 0 radical (unpaired) electrons. The van der Waals surface area contributed by atoms with Gasteiger partial charge < -0.3 is 5.32 Å². The molecule has 0 atom stereocenters. The van der Waals surface area contributed by atoms with Gasteiger partial charge in [0.1, 0.15) is 17.9 Å². The molecule has 0 aromatic carbocycles. The van der Waals surface area contributed by atoms with Crippen LogP contribution in [0.1, 0.15) is 22.8 Å². The molecule has 9 heteroatoms. The smallest absolute Gasteiger partial charge is 0.312 e. The number of hydrogen-bond acceptors (Lipinski definition) is 5. The van der Waals surface area contributed by atoms with E-state index < -0.39 is 4.92 Å². The van der Waals surface area contributed by atoms with E-state index in [9.17, 15) is 14.9 Å². The van der Waals surface area contributed by atoms with Crippen LogP contribution in [0.4, 0.5) is 11.4 Å². The summed E-state index contributed by atoms with van der Waals surface area (Å²) in [7, 11) is 0. The van der Waals surface area contributed by atoms with E-state index in [1.54, 1.807) is 27.7 Å². The molecule has 1 amide bonds. The number of H-pyrrole nitrogens is 1. The molecule has 9 nitrogen and oxygen atoms in total. The Morgan fingerprint density at radius 2 is 2.00 bits per heavy atom. The molecule has 0 fully saturated rings. The van der Waals surface area contributed by atoms with Gasteiger partial charge in [-0.1, -0.05) is 0 Å². The van der Waals surface area contributed by atoms with Crippen molar-refractivity contribution in [3.05, 3.63) is 32.9 Å². The molecule has 0 unspecified atom stereocenters. The van der Waals surface area contributed by atoms with Gasteiger partial charge in [-0.05, 0) is 27.7 Å². The summed E-state index contributed by atoms with van der Waals surface area (Å²) >= 11 is 0. The molecule has 0 saturated carbocycles. The first kappa shape index (κ1) is 14.7. The number of nitrogens with zero attached hydrogens (tertiary/aromatic N) is 4. The van der Waals surface area contributed by atoms with Crippen molar-refractivity contribution < 1.29 is 9.72 Å². The van der Waals surface area contributed by atoms with Crippen molar-refractivity contribution in [1.82, 2.24) is 20.0 Å². The average molecular weight is 292 g/mol. The number of carbonyl (C=O) groups is 1. The summed E-state index contributed by atoms with van der Waals surface area (Å²) in [5, 5.41) is 24.4. The number of anilines is 1. The standard InChI is InChI=1S/C12H16N6O3/c1-6-11(7(2)15-14-6)13-10(19)5-17-9(4)12(18(20)21)8(3)16-17/h5H2,1-4H3,(H,13,19)(H,14,15). The molecule has 0 aliphatic rings. The number of carbonyl (C=O) groups excluding carboxylic acids is 1. The minimum absolute atomic E-state index is 0.0570. The minimum Gasteiger partial charge on any atom is -0.321 e. The van der Waals surface area contributed by atoms with Crippen LogP contribution in [0.15, 0.2) is 0 Å². The first-order valence-electron chi connectivity index (χ1n) is 6.31. The number of aromatic nitrogens is 4. The maximum Gasteiger partial charge on any atom is 0.312 e. The Balaban J connectivity index is 2.18. The molecule has 112 valence electrons. The number of amides is 1. The van der Waals surface area contributed by atoms with Crippen molar-refractivity contribution >= 4 is 17.3 Å². The summed E-state index contributed by atoms with van der Waals surface area (Å²) in [5.41, 5.74) is 2.64. The summed E-state index contributed by atoms with van der Waals surface area (Å²) < 4.78 is 1.33. The maximum absolute atomic E-state index is 12.0. The number of aryl methyl sites for hydroxylation is 3. The van der Waals surface area contributed by atoms with Crippen LogP contribution in [0.5, 0.6) is 0 Å². The number of hydrogen-bond donors (Lipinski definition) is 2. The predicted molar refractivity (Wildman–Crippen MR) is 75.0 cm³/mol. The zero-order chi connectivity index (χ0) is 15.7. The lowest BCUT2D eigenvalue weighted by Gasteiger charge is -2.06. The lowest BCUT2D eigenvalue weighted by molar-refractivity contribution is -0.386. The van der Waals surface area contributed by atoms with Gasteiger partial charge >= 0.3 is 5.69 Å². The fourth-order valence-electron chi connectivity index (χ4n) is 2.16. The van der Waals surface area contributed by atoms with Crippen LogP contribution in [0.25, 0.3) is 0 Å². The molecule has 0 aliphatic carbocycles. The number of nitrogens with one attached hydrogen (secondary N) is 2. The van der Waals surface area contributed by atoms with Crippen molar-refractivity contribution in [3.63, 3.8) is 0 Å². The van der Waals surface area contributed by atoms with Crippen LogP contribution >= 0.6 is 0 Å². The van der Waals surface area contributed by atoms with Crippen molar-refractivity contribution in [2.75, 3.05) is 5.32 Å². The third-order valence-corrected chi connectivity index (χ3v) is 3.21. The van der Waals surface area contributed by atoms with E-state index >= 15 is 0 Å². The third kappa shape index (κ3) is 2.76. The minimum atomic E-state index is -0.490. The number of rotatable bonds is 4. The van der Waals surface area contributed by atoms with Crippen LogP contribution in [0.2, 0.25) is 0 Å². The Labute approximate surface area is 120 Å². The second kappa shape index (κ2) is 5.35. The molecule has 0 aliphatic heterocycles. The van der Waals surface area contributed by atoms with Gasteiger partial charge in [-0.2, -0.15) is 10.2 Å². The first-order valence-corrected chi connectivity index (χ1v) is 6.31. The Morgan fingerprint density at radius 3 is 2.48 bits per heavy atom. The Bertz CT molecular complexity index is 695. The second-order valence-corrected chi connectivity index (χ2v) is 4.79. The van der Waals surface area contributed by atoms with E-state index in [4.69, 9.17) is 0 Å². The first-order chi connectivity index (χ1) is 9.81. The van der Waals surface area contributed by atoms with E-state index in [1.807, 2.05) is 0 Å². The lowest BCUT2D eigenvalue weighted by atomic mass is 10.3. The van der Waals surface area contributed by atoms with E-state index in [1.165, 1.54) is 4.68 Å². The molecule has 0 saturated heterocycles. The normalized spacial score (nSPS) is 10.7. The summed E-state index contributed by atoms with van der Waals surface area (Å²) in [5.74, 6) is -0.317. The molecule has 21 heavy (non-hydrogen) atoms. The highest BCUT2D eigenvalue weighted by Crippen LogP contribution is 2.22. The quantitative estimate of drug-likeness (QED) is 0.652. The van der Waals surface area contributed by atoms with Crippen molar-refractivity contribution in [2.24, 2.45) is 0 Å². The molecule has 2 aromatic rings. The monoisotopic (exact) mass is 292 g/mol.